The van der Waals surface area contributed by atoms with Crippen LogP contribution in [-0.4, -0.2) is 62.6 Å². The molecule has 4 nitrogen and oxygen atoms in total. The highest BCUT2D eigenvalue weighted by Crippen LogP contribution is 2.20. The highest BCUT2D eigenvalue weighted by molar-refractivity contribution is 5.10. The van der Waals surface area contributed by atoms with Gasteiger partial charge in [-0.3, -0.25) is 4.98 Å². The van der Waals surface area contributed by atoms with Crippen molar-refractivity contribution >= 4 is 0 Å². The van der Waals surface area contributed by atoms with Crippen LogP contribution in [0.2, 0.25) is 0 Å². The van der Waals surface area contributed by atoms with Crippen LogP contribution in [0.25, 0.3) is 0 Å². The van der Waals surface area contributed by atoms with Gasteiger partial charge < -0.3 is 15.1 Å². The van der Waals surface area contributed by atoms with Gasteiger partial charge in [-0.05, 0) is 46.2 Å². The first-order valence-electron chi connectivity index (χ1n) is 7.06. The van der Waals surface area contributed by atoms with Gasteiger partial charge in [-0.2, -0.15) is 0 Å². The maximum absolute atomic E-state index is 12.9. The first kappa shape index (κ1) is 17.0. The zero-order chi connectivity index (χ0) is 15.1. The number of hydrogen-bond donors (Lipinski definition) is 1. The number of likely N-dealkylation sites (N-methyl/N-ethyl adjacent to an activating group) is 2. The molecule has 0 aliphatic rings. The highest BCUT2D eigenvalue weighted by atomic mass is 19.1. The molecule has 0 radical (unpaired) electrons. The Kier molecular flexibility index (Phi) is 7.05. The van der Waals surface area contributed by atoms with E-state index in [1.807, 2.05) is 7.05 Å². The lowest BCUT2D eigenvalue weighted by Gasteiger charge is -2.28. The maximum Gasteiger partial charge on any atom is 0.141 e. The molecule has 2 atom stereocenters. The lowest BCUT2D eigenvalue weighted by molar-refractivity contribution is 0.228. The second-order valence-electron chi connectivity index (χ2n) is 5.71. The second-order valence-corrected chi connectivity index (χ2v) is 5.71. The van der Waals surface area contributed by atoms with Gasteiger partial charge in [-0.1, -0.05) is 6.92 Å². The van der Waals surface area contributed by atoms with Crippen molar-refractivity contribution in [2.24, 2.45) is 5.92 Å². The summed E-state index contributed by atoms with van der Waals surface area (Å²) < 4.78 is 12.9. The fourth-order valence-corrected chi connectivity index (χ4v) is 2.35. The third-order valence-electron chi connectivity index (χ3n) is 3.48. The summed E-state index contributed by atoms with van der Waals surface area (Å²) in [7, 11) is 8.21. The molecule has 1 aromatic heterocycles. The molecule has 1 heterocycles. The Bertz CT molecular complexity index is 380. The quantitative estimate of drug-likeness (QED) is 0.785. The first-order chi connectivity index (χ1) is 9.43. The van der Waals surface area contributed by atoms with E-state index in [4.69, 9.17) is 0 Å². The fraction of sp³-hybridized carbons (Fsp3) is 0.667. The molecule has 0 saturated carbocycles. The van der Waals surface area contributed by atoms with E-state index < -0.39 is 0 Å². The summed E-state index contributed by atoms with van der Waals surface area (Å²) in [5, 5.41) is 3.29. The largest absolute Gasteiger partial charge is 0.311 e. The van der Waals surface area contributed by atoms with E-state index in [-0.39, 0.29) is 11.9 Å². The lowest BCUT2D eigenvalue weighted by Crippen LogP contribution is -2.36. The molecule has 5 heteroatoms. The topological polar surface area (TPSA) is 31.4 Å². The molecular formula is C15H27FN4. The van der Waals surface area contributed by atoms with E-state index in [1.54, 1.807) is 6.07 Å². The van der Waals surface area contributed by atoms with Crippen molar-refractivity contribution in [1.29, 1.82) is 0 Å². The number of nitrogens with one attached hydrogen (secondary N) is 1. The van der Waals surface area contributed by atoms with Crippen molar-refractivity contribution in [3.63, 3.8) is 0 Å². The van der Waals surface area contributed by atoms with Gasteiger partial charge in [0.15, 0.2) is 0 Å². The van der Waals surface area contributed by atoms with Gasteiger partial charge in [0, 0.05) is 19.6 Å². The van der Waals surface area contributed by atoms with Gasteiger partial charge in [-0.25, -0.2) is 4.39 Å². The smallest absolute Gasteiger partial charge is 0.141 e. The van der Waals surface area contributed by atoms with Crippen molar-refractivity contribution in [3.8, 4) is 0 Å². The Morgan fingerprint density at radius 1 is 1.25 bits per heavy atom. The summed E-state index contributed by atoms with van der Waals surface area (Å²) in [5.74, 6) is 0.101. The number of aromatic nitrogens is 1. The Morgan fingerprint density at radius 2 is 1.95 bits per heavy atom. The number of rotatable bonds is 8. The summed E-state index contributed by atoms with van der Waals surface area (Å²) in [4.78, 5) is 8.68. The van der Waals surface area contributed by atoms with Crippen LogP contribution in [0.3, 0.4) is 0 Å². The molecule has 0 aliphatic heterocycles. The van der Waals surface area contributed by atoms with Gasteiger partial charge in [-0.15, -0.1) is 0 Å². The van der Waals surface area contributed by atoms with E-state index in [0.717, 1.165) is 25.3 Å². The molecule has 1 rings (SSSR count). The predicted octanol–water partition coefficient (Wildman–Crippen LogP) is 1.61. The molecule has 114 valence electrons. The Balaban J connectivity index is 2.58. The average Bonchev–Trinajstić information content (AvgIpc) is 2.39. The molecule has 0 saturated heterocycles. The maximum atomic E-state index is 12.9. The van der Waals surface area contributed by atoms with Crippen molar-refractivity contribution in [2.75, 3.05) is 47.8 Å². The van der Waals surface area contributed by atoms with Crippen LogP contribution in [0.4, 0.5) is 4.39 Å². The van der Waals surface area contributed by atoms with Crippen LogP contribution in [-0.2, 0) is 0 Å². The summed E-state index contributed by atoms with van der Waals surface area (Å²) in [6, 6.07) is 3.36. The van der Waals surface area contributed by atoms with Crippen LogP contribution in [0, 0.1) is 11.7 Å². The minimum absolute atomic E-state index is 0.136. The van der Waals surface area contributed by atoms with E-state index in [9.17, 15) is 4.39 Å². The van der Waals surface area contributed by atoms with Crippen molar-refractivity contribution in [1.82, 2.24) is 20.1 Å². The van der Waals surface area contributed by atoms with E-state index in [2.05, 4.69) is 48.2 Å². The molecule has 20 heavy (non-hydrogen) atoms. The Morgan fingerprint density at radius 3 is 2.45 bits per heavy atom. The van der Waals surface area contributed by atoms with E-state index >= 15 is 0 Å². The van der Waals surface area contributed by atoms with Gasteiger partial charge in [0.1, 0.15) is 5.82 Å². The second kappa shape index (κ2) is 8.29. The Hall–Kier alpha value is -1.04. The first-order valence-corrected chi connectivity index (χ1v) is 7.06. The molecule has 0 aliphatic carbocycles. The van der Waals surface area contributed by atoms with Crippen LogP contribution in [0.5, 0.6) is 0 Å². The summed E-state index contributed by atoms with van der Waals surface area (Å²) in [6.07, 6.45) is 1.28. The normalized spacial score (nSPS) is 14.8. The average molecular weight is 282 g/mol. The number of nitrogens with zero attached hydrogens (tertiary/aromatic N) is 3. The molecular weight excluding hydrogens is 255 g/mol. The van der Waals surface area contributed by atoms with Gasteiger partial charge in [0.25, 0.3) is 0 Å². The minimum Gasteiger partial charge on any atom is -0.311 e. The lowest BCUT2D eigenvalue weighted by atomic mass is 9.98. The van der Waals surface area contributed by atoms with Crippen LogP contribution in [0.1, 0.15) is 18.7 Å². The van der Waals surface area contributed by atoms with Gasteiger partial charge in [0.2, 0.25) is 0 Å². The van der Waals surface area contributed by atoms with Crippen molar-refractivity contribution in [2.45, 2.75) is 13.0 Å². The summed E-state index contributed by atoms with van der Waals surface area (Å²) >= 11 is 0. The third kappa shape index (κ3) is 5.53. The van der Waals surface area contributed by atoms with Crippen LogP contribution >= 0.6 is 0 Å². The molecule has 0 fully saturated rings. The minimum atomic E-state index is -0.292. The molecule has 2 unspecified atom stereocenters. The van der Waals surface area contributed by atoms with Crippen LogP contribution in [0.15, 0.2) is 18.3 Å². The third-order valence-corrected chi connectivity index (χ3v) is 3.48. The van der Waals surface area contributed by atoms with Crippen molar-refractivity contribution < 1.29 is 4.39 Å². The predicted molar refractivity (Wildman–Crippen MR) is 81.2 cm³/mol. The van der Waals surface area contributed by atoms with Gasteiger partial charge >= 0.3 is 0 Å². The van der Waals surface area contributed by atoms with E-state index in [0.29, 0.717) is 5.92 Å². The molecule has 0 aromatic carbocycles. The molecule has 1 N–H and O–H groups in total. The fourth-order valence-electron chi connectivity index (χ4n) is 2.35. The number of hydrogen-bond acceptors (Lipinski definition) is 4. The zero-order valence-electron chi connectivity index (χ0n) is 13.2. The number of pyridine rings is 1. The summed E-state index contributed by atoms with van der Waals surface area (Å²) in [6.45, 7) is 5.24. The molecule has 0 amide bonds. The van der Waals surface area contributed by atoms with Crippen LogP contribution < -0.4 is 5.32 Å². The molecule has 0 bridgehead atoms. The standard InChI is InChI=1S/C15H27FN4/c1-12(11-20(5)9-8-19(3)4)15(17-2)14-7-6-13(16)10-18-14/h6-7,10,12,15,17H,8-9,11H2,1-5H3. The highest BCUT2D eigenvalue weighted by Gasteiger charge is 2.20. The monoisotopic (exact) mass is 282 g/mol. The summed E-state index contributed by atoms with van der Waals surface area (Å²) in [5.41, 5.74) is 0.891. The van der Waals surface area contributed by atoms with E-state index in [1.165, 1.54) is 12.3 Å². The number of halogens is 1. The molecule has 1 aromatic rings. The SMILES string of the molecule is CNC(c1ccc(F)cn1)C(C)CN(C)CCN(C)C. The Labute approximate surface area is 122 Å². The van der Waals surface area contributed by atoms with Gasteiger partial charge in [0.05, 0.1) is 17.9 Å². The van der Waals surface area contributed by atoms with Crippen molar-refractivity contribution in [3.05, 3.63) is 29.8 Å². The zero-order valence-corrected chi connectivity index (χ0v) is 13.2. The molecule has 0 spiro atoms.